The number of benzene rings is 1. The number of piperidine rings is 1. The number of hydrogen-bond acceptors (Lipinski definition) is 7. The Morgan fingerprint density at radius 2 is 1.89 bits per heavy atom. The number of carbonyl (C=O) groups excluding carboxylic acids is 1. The Balaban J connectivity index is 1.42. The van der Waals surface area contributed by atoms with Gasteiger partial charge < -0.3 is 14.2 Å². The number of nitrogens with zero attached hydrogens (tertiary/aromatic N) is 3. The van der Waals surface area contributed by atoms with E-state index in [1.807, 2.05) is 0 Å². The summed E-state index contributed by atoms with van der Waals surface area (Å²) in [6.45, 7) is 2.87. The molecule has 2 aliphatic carbocycles. The summed E-state index contributed by atoms with van der Waals surface area (Å²) in [5, 5.41) is 3.76. The van der Waals surface area contributed by atoms with Crippen molar-refractivity contribution in [2.45, 2.75) is 47.3 Å². The lowest BCUT2D eigenvalue weighted by molar-refractivity contribution is -0.166. The van der Waals surface area contributed by atoms with Crippen LogP contribution in [0.15, 0.2) is 40.0 Å². The van der Waals surface area contributed by atoms with Crippen molar-refractivity contribution in [3.05, 3.63) is 47.8 Å². The maximum Gasteiger partial charge on any atom is 0.448 e. The van der Waals surface area contributed by atoms with Gasteiger partial charge in [-0.05, 0) is 43.4 Å². The minimum atomic E-state index is -4.93. The number of hydrogen-bond donors (Lipinski definition) is 0. The summed E-state index contributed by atoms with van der Waals surface area (Å²) in [5.41, 5.74) is -3.45. The molecule has 1 saturated heterocycles. The first-order valence-corrected chi connectivity index (χ1v) is 12.9. The Morgan fingerprint density at radius 3 is 2.46 bits per heavy atom. The minimum Gasteiger partial charge on any atom is -0.452 e. The topological polar surface area (TPSA) is 103 Å². The summed E-state index contributed by atoms with van der Waals surface area (Å²) in [6, 6.07) is 2.86. The molecule has 5 rings (SSSR count). The first kappa shape index (κ1) is 25.5. The largest absolute Gasteiger partial charge is 0.452 e. The molecule has 2 atom stereocenters. The predicted molar refractivity (Wildman–Crippen MR) is 112 cm³/mol. The van der Waals surface area contributed by atoms with E-state index < -0.39 is 61.9 Å². The molecular formula is C22H19F6N3O5S. The molecule has 1 aromatic carbocycles. The number of fused-ring (bicyclic) bond motifs is 1. The lowest BCUT2D eigenvalue weighted by Crippen LogP contribution is -2.34. The molecule has 2 aromatic rings. The number of alkyl halides is 6. The molecule has 3 fully saturated rings. The standard InChI is InChI=1S/C22H19F6N3O5S/c1-11(21(23,24)25)35-15-4-3-13(37(2,33)34)7-14(15)16(32)31-9-12-8-19(12,10-31)17-29-18(36-30-17)20(5-6-20)22(26,27)28/h3-4,7,12H,1,5-6,8-10H2,2H3. The molecule has 0 spiro atoms. The monoisotopic (exact) mass is 551 g/mol. The van der Waals surface area contributed by atoms with Gasteiger partial charge in [-0.2, -0.15) is 31.3 Å². The fourth-order valence-electron chi connectivity index (χ4n) is 4.70. The van der Waals surface area contributed by atoms with Gasteiger partial charge in [-0.1, -0.05) is 11.7 Å². The first-order chi connectivity index (χ1) is 17.0. The Labute approximate surface area is 206 Å². The molecule has 1 aromatic heterocycles. The summed E-state index contributed by atoms with van der Waals surface area (Å²) in [5.74, 6) is -3.67. The lowest BCUT2D eigenvalue weighted by atomic mass is 10.0. The molecule has 0 radical (unpaired) electrons. The Morgan fingerprint density at radius 1 is 1.22 bits per heavy atom. The van der Waals surface area contributed by atoms with E-state index in [2.05, 4.69) is 16.7 Å². The molecule has 1 aliphatic heterocycles. The van der Waals surface area contributed by atoms with Gasteiger partial charge in [-0.25, -0.2) is 8.42 Å². The maximum atomic E-state index is 13.4. The number of rotatable bonds is 6. The van der Waals surface area contributed by atoms with E-state index in [4.69, 9.17) is 9.26 Å². The van der Waals surface area contributed by atoms with E-state index in [-0.39, 0.29) is 42.6 Å². The number of carbonyl (C=O) groups is 1. The van der Waals surface area contributed by atoms with Gasteiger partial charge in [0.2, 0.25) is 11.6 Å². The van der Waals surface area contributed by atoms with Gasteiger partial charge in [0.25, 0.3) is 5.91 Å². The zero-order valence-corrected chi connectivity index (χ0v) is 19.9. The van der Waals surface area contributed by atoms with Gasteiger partial charge in [0.05, 0.1) is 15.9 Å². The Kier molecular flexibility index (Phi) is 5.32. The van der Waals surface area contributed by atoms with Gasteiger partial charge >= 0.3 is 12.4 Å². The SMILES string of the molecule is C=C(Oc1ccc(S(C)(=O)=O)cc1C(=O)N1CC2CC2(c2noc(C3(C(F)(F)F)CC3)n2)C1)C(F)(F)F. The predicted octanol–water partition coefficient (Wildman–Crippen LogP) is 3.94. The average molecular weight is 551 g/mol. The average Bonchev–Trinajstić information content (AvgIpc) is 3.63. The molecular weight excluding hydrogens is 532 g/mol. The summed E-state index contributed by atoms with van der Waals surface area (Å²) >= 11 is 0. The maximum absolute atomic E-state index is 13.4. The lowest BCUT2D eigenvalue weighted by Gasteiger charge is -2.22. The second-order valence-electron chi connectivity index (χ2n) is 9.70. The highest BCUT2D eigenvalue weighted by atomic mass is 32.2. The molecule has 3 aliphatic rings. The van der Waals surface area contributed by atoms with Crippen LogP contribution in [0.2, 0.25) is 0 Å². The Bertz CT molecular complexity index is 1410. The van der Waals surface area contributed by atoms with Gasteiger partial charge in [-0.3, -0.25) is 4.79 Å². The van der Waals surface area contributed by atoms with Gasteiger partial charge in [0.15, 0.2) is 15.7 Å². The number of allylic oxidation sites excluding steroid dienone is 1. The van der Waals surface area contributed by atoms with Crippen LogP contribution in [0.4, 0.5) is 26.3 Å². The number of ether oxygens (including phenoxy) is 1. The number of amides is 1. The van der Waals surface area contributed by atoms with Crippen LogP contribution < -0.4 is 4.74 Å². The highest BCUT2D eigenvalue weighted by molar-refractivity contribution is 7.90. The van der Waals surface area contributed by atoms with E-state index >= 15 is 0 Å². The minimum absolute atomic E-state index is 0.0325. The molecule has 8 nitrogen and oxygen atoms in total. The number of sulfone groups is 1. The number of halogens is 6. The molecule has 2 saturated carbocycles. The van der Waals surface area contributed by atoms with Crippen molar-refractivity contribution in [1.29, 1.82) is 0 Å². The van der Waals surface area contributed by atoms with E-state index in [9.17, 15) is 39.6 Å². The van der Waals surface area contributed by atoms with Crippen molar-refractivity contribution in [2.75, 3.05) is 19.3 Å². The second kappa shape index (κ2) is 7.71. The number of likely N-dealkylation sites (tertiary alicyclic amines) is 1. The van der Waals surface area contributed by atoms with Gasteiger partial charge in [-0.15, -0.1) is 0 Å². The quantitative estimate of drug-likeness (QED) is 0.396. The second-order valence-corrected chi connectivity index (χ2v) is 11.7. The highest BCUT2D eigenvalue weighted by Crippen LogP contribution is 2.61. The van der Waals surface area contributed by atoms with Crippen molar-refractivity contribution in [1.82, 2.24) is 15.0 Å². The third kappa shape index (κ3) is 4.16. The van der Waals surface area contributed by atoms with Crippen LogP contribution in [0, 0.1) is 5.92 Å². The van der Waals surface area contributed by atoms with Crippen molar-refractivity contribution in [3.8, 4) is 5.75 Å². The first-order valence-electron chi connectivity index (χ1n) is 11.0. The molecule has 200 valence electrons. The van der Waals surface area contributed by atoms with Crippen LogP contribution in [-0.2, 0) is 20.7 Å². The van der Waals surface area contributed by atoms with Crippen molar-refractivity contribution in [3.63, 3.8) is 0 Å². The van der Waals surface area contributed by atoms with Gasteiger partial charge in [0.1, 0.15) is 11.2 Å². The molecule has 15 heteroatoms. The normalized spacial score (nSPS) is 24.5. The van der Waals surface area contributed by atoms with Gasteiger partial charge in [0, 0.05) is 19.3 Å². The van der Waals surface area contributed by atoms with Crippen LogP contribution in [0.25, 0.3) is 0 Å². The van der Waals surface area contributed by atoms with Crippen LogP contribution >= 0.6 is 0 Å². The fraction of sp³-hybridized carbons (Fsp3) is 0.500. The summed E-state index contributed by atoms with van der Waals surface area (Å²) < 4.78 is 113. The third-order valence-electron chi connectivity index (χ3n) is 7.17. The van der Waals surface area contributed by atoms with Crippen molar-refractivity contribution >= 4 is 15.7 Å². The zero-order valence-electron chi connectivity index (χ0n) is 19.1. The van der Waals surface area contributed by atoms with Crippen LogP contribution in [0.5, 0.6) is 5.75 Å². The van der Waals surface area contributed by atoms with E-state index in [0.29, 0.717) is 6.42 Å². The smallest absolute Gasteiger partial charge is 0.448 e. The molecule has 0 bridgehead atoms. The fourth-order valence-corrected chi connectivity index (χ4v) is 5.35. The molecule has 2 heterocycles. The zero-order chi connectivity index (χ0) is 27.2. The summed E-state index contributed by atoms with van der Waals surface area (Å²) in [6.07, 6.45) is -8.46. The Hall–Kier alpha value is -3.10. The van der Waals surface area contributed by atoms with E-state index in [1.165, 1.54) is 4.90 Å². The van der Waals surface area contributed by atoms with Crippen LogP contribution in [-0.4, -0.2) is 61.1 Å². The number of aromatic nitrogens is 2. The summed E-state index contributed by atoms with van der Waals surface area (Å²) in [4.78, 5) is 18.3. The highest BCUT2D eigenvalue weighted by Gasteiger charge is 2.70. The van der Waals surface area contributed by atoms with Crippen LogP contribution in [0.1, 0.15) is 41.3 Å². The van der Waals surface area contributed by atoms with Crippen LogP contribution in [0.3, 0.4) is 0 Å². The van der Waals surface area contributed by atoms with Crippen molar-refractivity contribution in [2.24, 2.45) is 5.92 Å². The third-order valence-corrected chi connectivity index (χ3v) is 8.28. The van der Waals surface area contributed by atoms with E-state index in [0.717, 1.165) is 24.5 Å². The summed E-state index contributed by atoms with van der Waals surface area (Å²) in [7, 11) is -3.83. The molecule has 1 amide bonds. The molecule has 2 unspecified atom stereocenters. The molecule has 37 heavy (non-hydrogen) atoms. The molecule has 0 N–H and O–H groups in total. The van der Waals surface area contributed by atoms with E-state index in [1.54, 1.807) is 0 Å². The van der Waals surface area contributed by atoms with Crippen molar-refractivity contribution < 1.29 is 48.8 Å².